The number of ether oxygens (including phenoxy) is 1. The molecule has 0 aromatic heterocycles. The number of halogens is 1. The molecule has 0 heterocycles. The molecular weight excluding hydrogens is 605 g/mol. The summed E-state index contributed by atoms with van der Waals surface area (Å²) >= 11 is 0. The molecule has 4 aromatic carbocycles. The van der Waals surface area contributed by atoms with E-state index in [9.17, 15) is 22.4 Å². The molecule has 0 unspecified atom stereocenters. The molecule has 0 fully saturated rings. The van der Waals surface area contributed by atoms with Gasteiger partial charge in [0.2, 0.25) is 11.8 Å². The van der Waals surface area contributed by atoms with Crippen LogP contribution in [0, 0.1) is 12.7 Å². The zero-order chi connectivity index (χ0) is 33.5. The highest BCUT2D eigenvalue weighted by atomic mass is 32.2. The first-order valence-electron chi connectivity index (χ1n) is 14.9. The van der Waals surface area contributed by atoms with Gasteiger partial charge in [0.15, 0.2) is 0 Å². The second-order valence-electron chi connectivity index (χ2n) is 12.1. The number of nitrogens with zero attached hydrogens (tertiary/aromatic N) is 2. The molecule has 242 valence electrons. The first kappa shape index (κ1) is 34.2. The minimum Gasteiger partial charge on any atom is -0.495 e. The molecule has 4 aromatic rings. The Morgan fingerprint density at radius 2 is 1.48 bits per heavy atom. The number of amides is 2. The van der Waals surface area contributed by atoms with Crippen molar-refractivity contribution in [3.8, 4) is 5.75 Å². The molecule has 1 N–H and O–H groups in total. The molecule has 1 atom stereocenters. The number of rotatable bonds is 12. The quantitative estimate of drug-likeness (QED) is 0.207. The van der Waals surface area contributed by atoms with Gasteiger partial charge in [0.05, 0.1) is 17.7 Å². The summed E-state index contributed by atoms with van der Waals surface area (Å²) in [7, 11) is -2.86. The molecule has 4 rings (SSSR count). The summed E-state index contributed by atoms with van der Waals surface area (Å²) in [5, 5.41) is 2.99. The molecule has 0 aliphatic carbocycles. The maximum atomic E-state index is 14.6. The molecule has 8 nitrogen and oxygen atoms in total. The zero-order valence-corrected chi connectivity index (χ0v) is 27.6. The van der Waals surface area contributed by atoms with E-state index in [4.69, 9.17) is 4.74 Å². The smallest absolute Gasteiger partial charge is 0.264 e. The lowest BCUT2D eigenvalue weighted by molar-refractivity contribution is -0.140. The Bertz CT molecular complexity index is 1740. The van der Waals surface area contributed by atoms with Gasteiger partial charge in [0.1, 0.15) is 24.2 Å². The minimum absolute atomic E-state index is 0.0113. The van der Waals surface area contributed by atoms with Crippen molar-refractivity contribution < 1.29 is 27.1 Å². The standard InChI is InChI=1S/C36H40FN3O5S/c1-26-16-21-33(45-5)31(22-26)40(46(43,44)30-14-10-7-11-15-30)25-34(41)39(24-28-17-19-29(37)20-18-28)32(35(42)38-36(2,3)4)23-27-12-8-6-9-13-27/h6-22,32H,23-25H2,1-5H3,(H,38,42)/t32-/m1/s1. The third kappa shape index (κ3) is 8.72. The van der Waals surface area contributed by atoms with Crippen LogP contribution in [0.5, 0.6) is 5.75 Å². The van der Waals surface area contributed by atoms with Crippen molar-refractivity contribution in [3.05, 3.63) is 126 Å². The second-order valence-corrected chi connectivity index (χ2v) is 14.0. The topological polar surface area (TPSA) is 96.0 Å². The Hall–Kier alpha value is -4.70. The van der Waals surface area contributed by atoms with Gasteiger partial charge < -0.3 is 15.0 Å². The number of carbonyl (C=O) groups excluding carboxylic acids is 2. The Morgan fingerprint density at radius 1 is 0.870 bits per heavy atom. The van der Waals surface area contributed by atoms with E-state index in [1.807, 2.05) is 58.0 Å². The number of benzene rings is 4. The van der Waals surface area contributed by atoms with Crippen LogP contribution in [0.15, 0.2) is 108 Å². The number of nitrogens with one attached hydrogen (secondary N) is 1. The van der Waals surface area contributed by atoms with Gasteiger partial charge in [-0.3, -0.25) is 13.9 Å². The van der Waals surface area contributed by atoms with E-state index in [2.05, 4.69) is 5.32 Å². The van der Waals surface area contributed by atoms with Crippen LogP contribution in [0.2, 0.25) is 0 Å². The highest BCUT2D eigenvalue weighted by molar-refractivity contribution is 7.92. The van der Waals surface area contributed by atoms with E-state index in [1.165, 1.54) is 36.3 Å². The molecule has 0 saturated carbocycles. The van der Waals surface area contributed by atoms with E-state index < -0.39 is 45.8 Å². The average molecular weight is 646 g/mol. The fourth-order valence-electron chi connectivity index (χ4n) is 5.02. The van der Waals surface area contributed by atoms with Crippen molar-refractivity contribution in [2.45, 2.75) is 57.1 Å². The predicted octanol–water partition coefficient (Wildman–Crippen LogP) is 5.89. The second kappa shape index (κ2) is 14.6. The fourth-order valence-corrected chi connectivity index (χ4v) is 6.46. The van der Waals surface area contributed by atoms with Crippen molar-refractivity contribution in [3.63, 3.8) is 0 Å². The van der Waals surface area contributed by atoms with Crippen LogP contribution in [0.25, 0.3) is 0 Å². The lowest BCUT2D eigenvalue weighted by atomic mass is 10.0. The summed E-state index contributed by atoms with van der Waals surface area (Å²) < 4.78 is 48.9. The fraction of sp³-hybridized carbons (Fsp3) is 0.278. The van der Waals surface area contributed by atoms with Gasteiger partial charge in [0.25, 0.3) is 10.0 Å². The van der Waals surface area contributed by atoms with Gasteiger partial charge in [-0.15, -0.1) is 0 Å². The van der Waals surface area contributed by atoms with Crippen molar-refractivity contribution in [1.82, 2.24) is 10.2 Å². The first-order chi connectivity index (χ1) is 21.8. The minimum atomic E-state index is -4.29. The molecule has 0 bridgehead atoms. The molecule has 10 heteroatoms. The van der Waals surface area contributed by atoms with Gasteiger partial charge in [-0.2, -0.15) is 0 Å². The number of anilines is 1. The molecule has 0 spiro atoms. The number of hydrogen-bond donors (Lipinski definition) is 1. The van der Waals surface area contributed by atoms with Crippen LogP contribution in [0.4, 0.5) is 10.1 Å². The molecule has 0 saturated heterocycles. The largest absolute Gasteiger partial charge is 0.495 e. The Balaban J connectivity index is 1.85. The summed E-state index contributed by atoms with van der Waals surface area (Å²) in [6.45, 7) is 6.63. The molecule has 2 amide bonds. The number of aryl methyl sites for hydroxylation is 1. The number of carbonyl (C=O) groups is 2. The van der Waals surface area contributed by atoms with Crippen molar-refractivity contribution in [2.75, 3.05) is 18.0 Å². The molecule has 46 heavy (non-hydrogen) atoms. The maximum absolute atomic E-state index is 14.6. The van der Waals surface area contributed by atoms with Crippen LogP contribution in [0.1, 0.15) is 37.5 Å². The number of methoxy groups -OCH3 is 1. The molecule has 0 radical (unpaired) electrons. The number of sulfonamides is 1. The average Bonchev–Trinajstić information content (AvgIpc) is 3.02. The van der Waals surface area contributed by atoms with E-state index in [1.54, 1.807) is 48.5 Å². The normalized spacial score (nSPS) is 12.2. The van der Waals surface area contributed by atoms with Crippen molar-refractivity contribution in [1.29, 1.82) is 0 Å². The van der Waals surface area contributed by atoms with E-state index in [-0.39, 0.29) is 29.3 Å². The van der Waals surface area contributed by atoms with Gasteiger partial charge >= 0.3 is 0 Å². The van der Waals surface area contributed by atoms with Gasteiger partial charge in [-0.1, -0.05) is 66.7 Å². The van der Waals surface area contributed by atoms with Crippen LogP contribution in [-0.2, 0) is 32.6 Å². The lowest BCUT2D eigenvalue weighted by Crippen LogP contribution is -2.56. The monoisotopic (exact) mass is 645 g/mol. The van der Waals surface area contributed by atoms with E-state index >= 15 is 0 Å². The Kier molecular flexibility index (Phi) is 10.8. The van der Waals surface area contributed by atoms with E-state index in [0.29, 0.717) is 5.56 Å². The molecule has 0 aliphatic rings. The summed E-state index contributed by atoms with van der Waals surface area (Å²) in [5.41, 5.74) is 1.70. The highest BCUT2D eigenvalue weighted by Gasteiger charge is 2.36. The van der Waals surface area contributed by atoms with Gasteiger partial charge in [-0.25, -0.2) is 12.8 Å². The van der Waals surface area contributed by atoms with Crippen LogP contribution < -0.4 is 14.4 Å². The first-order valence-corrected chi connectivity index (χ1v) is 16.3. The zero-order valence-electron chi connectivity index (χ0n) is 26.7. The SMILES string of the molecule is COc1ccc(C)cc1N(CC(=O)N(Cc1ccc(F)cc1)[C@H](Cc1ccccc1)C(=O)NC(C)(C)C)S(=O)(=O)c1ccccc1. The Morgan fingerprint density at radius 3 is 2.07 bits per heavy atom. The van der Waals surface area contributed by atoms with Crippen LogP contribution in [-0.4, -0.2) is 50.4 Å². The number of hydrogen-bond acceptors (Lipinski definition) is 5. The third-order valence-electron chi connectivity index (χ3n) is 7.25. The molecule has 0 aliphatic heterocycles. The maximum Gasteiger partial charge on any atom is 0.264 e. The van der Waals surface area contributed by atoms with E-state index in [0.717, 1.165) is 15.4 Å². The van der Waals surface area contributed by atoms with Crippen LogP contribution >= 0.6 is 0 Å². The highest BCUT2D eigenvalue weighted by Crippen LogP contribution is 2.34. The Labute approximate surface area is 270 Å². The van der Waals surface area contributed by atoms with Crippen LogP contribution in [0.3, 0.4) is 0 Å². The van der Waals surface area contributed by atoms with Gasteiger partial charge in [-0.05, 0) is 80.8 Å². The van der Waals surface area contributed by atoms with Gasteiger partial charge in [0, 0.05) is 18.5 Å². The summed E-state index contributed by atoms with van der Waals surface area (Å²) in [6.07, 6.45) is 0.162. The van der Waals surface area contributed by atoms with Crippen molar-refractivity contribution in [2.24, 2.45) is 0 Å². The third-order valence-corrected chi connectivity index (χ3v) is 9.02. The predicted molar refractivity (Wildman–Crippen MR) is 177 cm³/mol. The lowest BCUT2D eigenvalue weighted by Gasteiger charge is -2.35. The summed E-state index contributed by atoms with van der Waals surface area (Å²) in [5.74, 6) is -1.22. The molecular formula is C36H40FN3O5S. The summed E-state index contributed by atoms with van der Waals surface area (Å²) in [4.78, 5) is 29.9. The summed E-state index contributed by atoms with van der Waals surface area (Å²) in [6, 6.07) is 26.8. The van der Waals surface area contributed by atoms with Crippen molar-refractivity contribution >= 4 is 27.5 Å².